The van der Waals surface area contributed by atoms with Gasteiger partial charge < -0.3 is 20.0 Å². The van der Waals surface area contributed by atoms with E-state index in [1.165, 1.54) is 0 Å². The van der Waals surface area contributed by atoms with E-state index in [0.29, 0.717) is 18.5 Å². The minimum Gasteiger partial charge on any atom is -0.444 e. The van der Waals surface area contributed by atoms with Gasteiger partial charge in [-0.1, -0.05) is 25.1 Å². The van der Waals surface area contributed by atoms with Crippen molar-refractivity contribution in [1.82, 2.24) is 25.4 Å². The number of guanidine groups is 1. The second-order valence-electron chi connectivity index (χ2n) is 7.14. The molecule has 2 aromatic rings. The molecule has 28 heavy (non-hydrogen) atoms. The predicted octanol–water partition coefficient (Wildman–Crippen LogP) is 2.03. The summed E-state index contributed by atoms with van der Waals surface area (Å²) >= 11 is 0. The Kier molecular flexibility index (Phi) is 7.45. The van der Waals surface area contributed by atoms with Crippen LogP contribution in [0, 0.1) is 0 Å². The third kappa shape index (κ3) is 5.56. The Balaban J connectivity index is 1.43. The van der Waals surface area contributed by atoms with Crippen molar-refractivity contribution < 1.29 is 4.42 Å². The number of likely N-dealkylation sites (N-methyl/N-ethyl adjacent to an activating group) is 1. The first kappa shape index (κ1) is 20.4. The topological polar surface area (TPSA) is 68.9 Å². The molecular formula is C21H32N6O. The van der Waals surface area contributed by atoms with Crippen LogP contribution in [0.25, 0.3) is 11.5 Å². The molecule has 0 radical (unpaired) electrons. The lowest BCUT2D eigenvalue weighted by molar-refractivity contribution is 0.107. The lowest BCUT2D eigenvalue weighted by atomic mass is 10.2. The number of piperazine rings is 1. The van der Waals surface area contributed by atoms with E-state index in [0.717, 1.165) is 56.5 Å². The van der Waals surface area contributed by atoms with Gasteiger partial charge in [0, 0.05) is 51.4 Å². The van der Waals surface area contributed by atoms with Crippen molar-refractivity contribution in [3.63, 3.8) is 0 Å². The second-order valence-corrected chi connectivity index (χ2v) is 7.14. The number of aliphatic imine (C=N–C) groups is 1. The molecule has 2 N–H and O–H groups in total. The average molecular weight is 385 g/mol. The van der Waals surface area contributed by atoms with Crippen LogP contribution in [0.1, 0.15) is 19.5 Å². The summed E-state index contributed by atoms with van der Waals surface area (Å²) in [4.78, 5) is 13.9. The van der Waals surface area contributed by atoms with Crippen molar-refractivity contribution in [2.24, 2.45) is 4.99 Å². The highest BCUT2D eigenvalue weighted by molar-refractivity contribution is 5.79. The molecule has 1 fully saturated rings. The molecule has 1 aromatic heterocycles. The van der Waals surface area contributed by atoms with Gasteiger partial charge in [-0.2, -0.15) is 0 Å². The number of hydrogen-bond acceptors (Lipinski definition) is 5. The second kappa shape index (κ2) is 10.2. The van der Waals surface area contributed by atoms with Gasteiger partial charge in [0.2, 0.25) is 5.89 Å². The summed E-state index contributed by atoms with van der Waals surface area (Å²) in [5, 5.41) is 6.74. The quantitative estimate of drug-likeness (QED) is 0.562. The number of nitrogens with one attached hydrogen (secondary N) is 2. The van der Waals surface area contributed by atoms with Crippen LogP contribution in [-0.4, -0.2) is 73.1 Å². The molecule has 1 saturated heterocycles. The summed E-state index contributed by atoms with van der Waals surface area (Å²) in [6.07, 6.45) is 1.69. The van der Waals surface area contributed by atoms with Crippen LogP contribution in [-0.2, 0) is 6.54 Å². The van der Waals surface area contributed by atoms with Crippen molar-refractivity contribution in [2.45, 2.75) is 26.4 Å². The van der Waals surface area contributed by atoms with Gasteiger partial charge in [-0.25, -0.2) is 4.98 Å². The Hall–Kier alpha value is -2.38. The van der Waals surface area contributed by atoms with E-state index in [1.54, 1.807) is 13.3 Å². The molecule has 1 aliphatic heterocycles. The van der Waals surface area contributed by atoms with E-state index < -0.39 is 0 Å². The smallest absolute Gasteiger partial charge is 0.226 e. The first-order valence-electron chi connectivity index (χ1n) is 10.1. The van der Waals surface area contributed by atoms with Gasteiger partial charge in [0.1, 0.15) is 6.26 Å². The number of rotatable bonds is 7. The van der Waals surface area contributed by atoms with E-state index in [1.807, 2.05) is 30.3 Å². The predicted molar refractivity (Wildman–Crippen MR) is 113 cm³/mol. The Morgan fingerprint density at radius 1 is 1.18 bits per heavy atom. The fourth-order valence-electron chi connectivity index (χ4n) is 3.39. The van der Waals surface area contributed by atoms with Crippen LogP contribution in [0.4, 0.5) is 0 Å². The van der Waals surface area contributed by atoms with Crippen LogP contribution >= 0.6 is 0 Å². The van der Waals surface area contributed by atoms with Gasteiger partial charge in [-0.3, -0.25) is 9.89 Å². The molecular weight excluding hydrogens is 352 g/mol. The van der Waals surface area contributed by atoms with Crippen molar-refractivity contribution >= 4 is 5.96 Å². The fraction of sp³-hybridized carbons (Fsp3) is 0.524. The van der Waals surface area contributed by atoms with E-state index in [9.17, 15) is 0 Å². The normalized spacial score (nSPS) is 17.5. The number of hydrogen-bond donors (Lipinski definition) is 2. The SMILES string of the molecule is CCN1CCN(C(C)CNC(=NC)NCc2coc(-c3ccccc3)n2)CC1. The van der Waals surface area contributed by atoms with Crippen molar-refractivity contribution in [2.75, 3.05) is 46.3 Å². The zero-order chi connectivity index (χ0) is 19.8. The molecule has 7 heteroatoms. The average Bonchev–Trinajstić information content (AvgIpc) is 3.23. The lowest BCUT2D eigenvalue weighted by Crippen LogP contribution is -2.53. The minimum atomic E-state index is 0.467. The molecule has 0 saturated carbocycles. The van der Waals surface area contributed by atoms with Gasteiger partial charge in [0.25, 0.3) is 0 Å². The van der Waals surface area contributed by atoms with Crippen molar-refractivity contribution in [3.05, 3.63) is 42.3 Å². The third-order valence-corrected chi connectivity index (χ3v) is 5.28. The molecule has 1 atom stereocenters. The molecule has 3 rings (SSSR count). The molecule has 1 unspecified atom stereocenters. The highest BCUT2D eigenvalue weighted by atomic mass is 16.3. The van der Waals surface area contributed by atoms with Crippen LogP contribution in [0.2, 0.25) is 0 Å². The minimum absolute atomic E-state index is 0.467. The molecule has 2 heterocycles. The van der Waals surface area contributed by atoms with Crippen molar-refractivity contribution in [1.29, 1.82) is 0 Å². The lowest BCUT2D eigenvalue weighted by Gasteiger charge is -2.37. The first-order chi connectivity index (χ1) is 13.7. The van der Waals surface area contributed by atoms with Gasteiger partial charge in [-0.05, 0) is 25.6 Å². The molecule has 7 nitrogen and oxygen atoms in total. The largest absolute Gasteiger partial charge is 0.444 e. The Morgan fingerprint density at radius 2 is 1.93 bits per heavy atom. The van der Waals surface area contributed by atoms with Crippen LogP contribution in [0.3, 0.4) is 0 Å². The number of oxazole rings is 1. The molecule has 1 aromatic carbocycles. The van der Waals surface area contributed by atoms with E-state index in [-0.39, 0.29) is 0 Å². The summed E-state index contributed by atoms with van der Waals surface area (Å²) in [5.74, 6) is 1.42. The zero-order valence-corrected chi connectivity index (χ0v) is 17.2. The summed E-state index contributed by atoms with van der Waals surface area (Å²) in [6, 6.07) is 10.4. The van der Waals surface area contributed by atoms with Gasteiger partial charge >= 0.3 is 0 Å². The summed E-state index contributed by atoms with van der Waals surface area (Å²) in [6.45, 7) is 11.6. The highest BCUT2D eigenvalue weighted by Crippen LogP contribution is 2.17. The van der Waals surface area contributed by atoms with E-state index >= 15 is 0 Å². The first-order valence-corrected chi connectivity index (χ1v) is 10.1. The van der Waals surface area contributed by atoms with Gasteiger partial charge in [0.05, 0.1) is 12.2 Å². The number of nitrogens with zero attached hydrogens (tertiary/aromatic N) is 4. The fourth-order valence-corrected chi connectivity index (χ4v) is 3.39. The van der Waals surface area contributed by atoms with Crippen molar-refractivity contribution in [3.8, 4) is 11.5 Å². The summed E-state index contributed by atoms with van der Waals surface area (Å²) in [7, 11) is 1.79. The Labute approximate surface area is 167 Å². The Bertz CT molecular complexity index is 736. The highest BCUT2D eigenvalue weighted by Gasteiger charge is 2.20. The zero-order valence-electron chi connectivity index (χ0n) is 17.2. The number of aromatic nitrogens is 1. The third-order valence-electron chi connectivity index (χ3n) is 5.28. The van der Waals surface area contributed by atoms with Crippen LogP contribution < -0.4 is 10.6 Å². The Morgan fingerprint density at radius 3 is 2.61 bits per heavy atom. The maximum atomic E-state index is 5.59. The summed E-state index contributed by atoms with van der Waals surface area (Å²) < 4.78 is 5.59. The molecule has 152 valence electrons. The van der Waals surface area contributed by atoms with E-state index in [4.69, 9.17) is 4.42 Å². The van der Waals surface area contributed by atoms with Gasteiger partial charge in [0.15, 0.2) is 5.96 Å². The van der Waals surface area contributed by atoms with Gasteiger partial charge in [-0.15, -0.1) is 0 Å². The summed E-state index contributed by atoms with van der Waals surface area (Å²) in [5.41, 5.74) is 1.83. The maximum Gasteiger partial charge on any atom is 0.226 e. The maximum absolute atomic E-state index is 5.59. The monoisotopic (exact) mass is 384 g/mol. The molecule has 0 aliphatic carbocycles. The molecule has 0 spiro atoms. The van der Waals surface area contributed by atoms with Crippen LogP contribution in [0.5, 0.6) is 0 Å². The molecule has 0 bridgehead atoms. The van der Waals surface area contributed by atoms with E-state index in [2.05, 4.69) is 44.3 Å². The molecule has 0 amide bonds. The number of benzene rings is 1. The van der Waals surface area contributed by atoms with Crippen LogP contribution in [0.15, 0.2) is 46.0 Å². The standard InChI is InChI=1S/C21H32N6O/c1-4-26-10-12-27(13-11-26)17(2)14-23-21(22-3)24-15-19-16-28-20(25-19)18-8-6-5-7-9-18/h5-9,16-17H,4,10-15H2,1-3H3,(H2,22,23,24). The molecule has 1 aliphatic rings.